The second-order valence-electron chi connectivity index (χ2n) is 9.99. The number of nitrogens with one attached hydrogen (secondary N) is 1. The molecule has 3 aliphatic heterocycles. The Morgan fingerprint density at radius 1 is 1.00 bits per heavy atom. The van der Waals surface area contributed by atoms with Gasteiger partial charge in [0.2, 0.25) is 0 Å². The third kappa shape index (κ3) is 4.06. The summed E-state index contributed by atoms with van der Waals surface area (Å²) in [4.78, 5) is 25.2. The van der Waals surface area contributed by atoms with Crippen LogP contribution in [0.15, 0.2) is 24.4 Å². The third-order valence-corrected chi connectivity index (χ3v) is 8.85. The molecule has 8 nitrogen and oxygen atoms in total. The van der Waals surface area contributed by atoms with E-state index in [-0.39, 0.29) is 5.82 Å². The van der Waals surface area contributed by atoms with Gasteiger partial charge in [0.15, 0.2) is 17.3 Å². The number of halogens is 1. The molecule has 3 aromatic heterocycles. The molecule has 3 fully saturated rings. The van der Waals surface area contributed by atoms with E-state index in [2.05, 4.69) is 19.7 Å². The zero-order chi connectivity index (χ0) is 24.1. The molecule has 7 rings (SSSR count). The highest BCUT2D eigenvalue weighted by atomic mass is 32.1. The molecule has 1 aromatic carbocycles. The summed E-state index contributed by atoms with van der Waals surface area (Å²) in [6.07, 6.45) is 5.63. The summed E-state index contributed by atoms with van der Waals surface area (Å²) >= 11 is 1.68. The number of aromatic nitrogens is 4. The number of anilines is 1. The molecule has 4 aromatic rings. The van der Waals surface area contributed by atoms with Gasteiger partial charge in [-0.15, -0.1) is 11.3 Å². The highest BCUT2D eigenvalue weighted by molar-refractivity contribution is 7.19. The molecule has 0 bridgehead atoms. The first-order valence-corrected chi connectivity index (χ1v) is 13.8. The van der Waals surface area contributed by atoms with Gasteiger partial charge >= 0.3 is 0 Å². The number of benzene rings is 1. The van der Waals surface area contributed by atoms with E-state index in [1.165, 1.54) is 38.4 Å². The Labute approximate surface area is 213 Å². The van der Waals surface area contributed by atoms with Crippen molar-refractivity contribution in [3.63, 3.8) is 0 Å². The fourth-order valence-electron chi connectivity index (χ4n) is 5.70. The molecule has 0 radical (unpaired) electrons. The Balaban J connectivity index is 1.24. The lowest BCUT2D eigenvalue weighted by Crippen LogP contribution is -2.50. The van der Waals surface area contributed by atoms with Crippen LogP contribution in [0, 0.1) is 5.82 Å². The maximum absolute atomic E-state index is 15.1. The van der Waals surface area contributed by atoms with E-state index in [1.807, 2.05) is 12.3 Å². The molecule has 0 atom stereocenters. The van der Waals surface area contributed by atoms with E-state index in [4.69, 9.17) is 19.7 Å². The lowest BCUT2D eigenvalue weighted by Gasteiger charge is -2.42. The van der Waals surface area contributed by atoms with Gasteiger partial charge in [0, 0.05) is 49.3 Å². The van der Waals surface area contributed by atoms with Crippen LogP contribution in [0.25, 0.3) is 32.6 Å². The number of thiazole rings is 1. The topological polar surface area (TPSA) is 73.4 Å². The smallest absolute Gasteiger partial charge is 0.176 e. The maximum atomic E-state index is 15.1. The van der Waals surface area contributed by atoms with Gasteiger partial charge < -0.3 is 19.5 Å². The molecule has 10 heteroatoms. The second kappa shape index (κ2) is 9.33. The number of fused-ring (bicyclic) bond motifs is 2. The molecule has 0 unspecified atom stereocenters. The summed E-state index contributed by atoms with van der Waals surface area (Å²) in [5.74, 6) is 0.902. The van der Waals surface area contributed by atoms with Crippen LogP contribution < -0.4 is 4.90 Å². The number of nitrogens with zero attached hydrogens (tertiary/aromatic N) is 6. The maximum Gasteiger partial charge on any atom is 0.176 e. The van der Waals surface area contributed by atoms with Crippen LogP contribution in [0.2, 0.25) is 0 Å². The molecule has 6 heterocycles. The molecule has 3 aliphatic rings. The summed E-state index contributed by atoms with van der Waals surface area (Å²) in [6.45, 7) is 8.37. The van der Waals surface area contributed by atoms with Crippen molar-refractivity contribution in [2.45, 2.75) is 31.8 Å². The number of rotatable bonds is 5. The number of likely N-dealkylation sites (tertiary alicyclic amines) is 2. The van der Waals surface area contributed by atoms with E-state index < -0.39 is 0 Å². The van der Waals surface area contributed by atoms with Crippen molar-refractivity contribution in [1.29, 1.82) is 0 Å². The highest BCUT2D eigenvalue weighted by Gasteiger charge is 2.29. The Morgan fingerprint density at radius 2 is 1.83 bits per heavy atom. The van der Waals surface area contributed by atoms with Crippen molar-refractivity contribution in [3.8, 4) is 11.4 Å². The summed E-state index contributed by atoms with van der Waals surface area (Å²) in [6, 6.07) is 5.86. The number of aromatic amines is 1. The molecule has 0 saturated carbocycles. The molecular formula is C26H30FN7OS. The lowest BCUT2D eigenvalue weighted by molar-refractivity contribution is 0.0612. The first-order chi connectivity index (χ1) is 17.7. The van der Waals surface area contributed by atoms with Crippen LogP contribution in [0.4, 0.5) is 10.2 Å². The molecule has 188 valence electrons. The SMILES string of the molecule is Fc1ccc2[nH]ccc2c1-c1nc(N2CCOCC2)c2sc(CN3CCC(N4CCC4)CC3)nc2n1. The fourth-order valence-corrected chi connectivity index (χ4v) is 6.76. The van der Waals surface area contributed by atoms with Crippen molar-refractivity contribution < 1.29 is 9.13 Å². The average molecular weight is 508 g/mol. The normalized spacial score (nSPS) is 20.4. The molecule has 3 saturated heterocycles. The van der Waals surface area contributed by atoms with Crippen molar-refractivity contribution in [2.24, 2.45) is 0 Å². The van der Waals surface area contributed by atoms with E-state index in [0.29, 0.717) is 30.2 Å². The van der Waals surface area contributed by atoms with Crippen LogP contribution in [0.1, 0.15) is 24.3 Å². The number of hydrogen-bond donors (Lipinski definition) is 1. The summed E-state index contributed by atoms with van der Waals surface area (Å²) < 4.78 is 21.7. The summed E-state index contributed by atoms with van der Waals surface area (Å²) in [7, 11) is 0. The number of H-pyrrole nitrogens is 1. The van der Waals surface area contributed by atoms with Crippen LogP contribution >= 0.6 is 11.3 Å². The summed E-state index contributed by atoms with van der Waals surface area (Å²) in [5, 5.41) is 1.83. The van der Waals surface area contributed by atoms with Gasteiger partial charge in [-0.3, -0.25) is 4.90 Å². The Morgan fingerprint density at radius 3 is 2.61 bits per heavy atom. The fraction of sp³-hybridized carbons (Fsp3) is 0.500. The third-order valence-electron chi connectivity index (χ3n) is 7.82. The minimum atomic E-state index is -0.324. The summed E-state index contributed by atoms with van der Waals surface area (Å²) in [5.41, 5.74) is 1.94. The van der Waals surface area contributed by atoms with Gasteiger partial charge in [0.05, 0.1) is 25.3 Å². The predicted octanol–water partition coefficient (Wildman–Crippen LogP) is 3.88. The molecule has 1 N–H and O–H groups in total. The molecule has 0 amide bonds. The van der Waals surface area contributed by atoms with Crippen LogP contribution in [-0.4, -0.2) is 88.3 Å². The van der Waals surface area contributed by atoms with E-state index in [9.17, 15) is 0 Å². The number of ether oxygens (including phenoxy) is 1. The second-order valence-corrected chi connectivity index (χ2v) is 11.1. The average Bonchev–Trinajstić information content (AvgIpc) is 3.50. The number of piperidine rings is 1. The monoisotopic (exact) mass is 507 g/mol. The molecule has 0 spiro atoms. The number of hydrogen-bond acceptors (Lipinski definition) is 8. The largest absolute Gasteiger partial charge is 0.378 e. The van der Waals surface area contributed by atoms with Gasteiger partial charge in [-0.1, -0.05) is 0 Å². The van der Waals surface area contributed by atoms with Gasteiger partial charge in [0.1, 0.15) is 15.5 Å². The van der Waals surface area contributed by atoms with Crippen LogP contribution in [0.5, 0.6) is 0 Å². The Kier molecular flexibility index (Phi) is 5.84. The quantitative estimate of drug-likeness (QED) is 0.440. The molecule has 36 heavy (non-hydrogen) atoms. The van der Waals surface area contributed by atoms with Crippen molar-refractivity contribution in [2.75, 3.05) is 57.4 Å². The van der Waals surface area contributed by atoms with E-state index >= 15 is 4.39 Å². The van der Waals surface area contributed by atoms with Crippen molar-refractivity contribution in [1.82, 2.24) is 29.7 Å². The van der Waals surface area contributed by atoms with Crippen LogP contribution in [-0.2, 0) is 11.3 Å². The Bertz CT molecular complexity index is 1390. The zero-order valence-electron chi connectivity index (χ0n) is 20.2. The van der Waals surface area contributed by atoms with Crippen LogP contribution in [0.3, 0.4) is 0 Å². The first kappa shape index (κ1) is 22.5. The molecule has 0 aliphatic carbocycles. The standard InChI is InChI=1S/C26H30FN7OS/c27-19-2-3-20-18(4-7-28-20)22(19)24-30-25-23(26(31-24)34-12-14-35-15-13-34)36-21(29-25)16-32-10-5-17(6-11-32)33-8-1-9-33/h2-4,7,17,28H,1,5-6,8-16H2. The molecular weight excluding hydrogens is 477 g/mol. The first-order valence-electron chi connectivity index (χ1n) is 13.0. The zero-order valence-corrected chi connectivity index (χ0v) is 21.1. The lowest BCUT2D eigenvalue weighted by atomic mass is 10.00. The van der Waals surface area contributed by atoms with Crippen molar-refractivity contribution in [3.05, 3.63) is 35.2 Å². The number of morpholine rings is 1. The van der Waals surface area contributed by atoms with Gasteiger partial charge in [-0.25, -0.2) is 19.3 Å². The minimum absolute atomic E-state index is 0.324. The predicted molar refractivity (Wildman–Crippen MR) is 140 cm³/mol. The Hall–Kier alpha value is -2.66. The van der Waals surface area contributed by atoms with E-state index in [0.717, 1.165) is 65.2 Å². The van der Waals surface area contributed by atoms with Gasteiger partial charge in [0.25, 0.3) is 0 Å². The minimum Gasteiger partial charge on any atom is -0.378 e. The van der Waals surface area contributed by atoms with Crippen molar-refractivity contribution >= 4 is 38.4 Å². The van der Waals surface area contributed by atoms with E-state index in [1.54, 1.807) is 17.4 Å². The van der Waals surface area contributed by atoms with Gasteiger partial charge in [-0.2, -0.15) is 0 Å². The van der Waals surface area contributed by atoms with Gasteiger partial charge in [-0.05, 0) is 50.6 Å². The highest BCUT2D eigenvalue weighted by Crippen LogP contribution is 2.36.